The molecule has 0 saturated carbocycles. The summed E-state index contributed by atoms with van der Waals surface area (Å²) in [7, 11) is 0. The van der Waals surface area contributed by atoms with Crippen LogP contribution in [-0.2, 0) is 0 Å². The molecule has 1 heterocycles. The van der Waals surface area contributed by atoms with Crippen LogP contribution in [0.4, 0.5) is 5.69 Å². The Kier molecular flexibility index (Phi) is 4.35. The smallest absolute Gasteiger partial charge is 0.104 e. The third kappa shape index (κ3) is 3.43. The molecule has 0 aliphatic rings. The van der Waals surface area contributed by atoms with Gasteiger partial charge in [-0.25, -0.2) is 0 Å². The van der Waals surface area contributed by atoms with Gasteiger partial charge in [-0.2, -0.15) is 0 Å². The van der Waals surface area contributed by atoms with Crippen LogP contribution in [0.15, 0.2) is 42.7 Å². The molecule has 3 N–H and O–H groups in total. The van der Waals surface area contributed by atoms with Crippen molar-refractivity contribution in [2.24, 2.45) is 5.73 Å². The Hall–Kier alpha value is -1.65. The maximum absolute atomic E-state index is 6.21. The first kappa shape index (κ1) is 13.8. The summed E-state index contributed by atoms with van der Waals surface area (Å²) in [4.78, 5) is 4.34. The second-order valence-electron chi connectivity index (χ2n) is 4.21. The lowest BCUT2D eigenvalue weighted by Crippen LogP contribution is -2.10. The van der Waals surface area contributed by atoms with Gasteiger partial charge in [-0.3, -0.25) is 4.98 Å². The minimum Gasteiger partial charge on any atom is -0.389 e. The fraction of sp³-hybridized carbons (Fsp3) is 0.143. The first-order valence-corrected chi connectivity index (χ1v) is 6.62. The average Bonchev–Trinajstić information content (AvgIpc) is 2.41. The van der Waals surface area contributed by atoms with E-state index in [1.54, 1.807) is 18.5 Å². The van der Waals surface area contributed by atoms with Crippen molar-refractivity contribution in [1.82, 2.24) is 4.98 Å². The molecule has 0 aliphatic carbocycles. The molecular formula is C14H14ClN3S. The number of aromatic nitrogens is 1. The summed E-state index contributed by atoms with van der Waals surface area (Å²) in [5.41, 5.74) is 8.33. The van der Waals surface area contributed by atoms with E-state index < -0.39 is 0 Å². The molecule has 0 fully saturated rings. The van der Waals surface area contributed by atoms with E-state index in [0.717, 1.165) is 16.8 Å². The van der Waals surface area contributed by atoms with Crippen LogP contribution in [0.25, 0.3) is 0 Å². The van der Waals surface area contributed by atoms with E-state index in [9.17, 15) is 0 Å². The Morgan fingerprint density at radius 2 is 2.00 bits per heavy atom. The Labute approximate surface area is 122 Å². The SMILES string of the molecule is CC(Nc1ccc(C(N)=S)cc1Cl)c1ccncc1. The number of hydrogen-bond acceptors (Lipinski definition) is 3. The lowest BCUT2D eigenvalue weighted by Gasteiger charge is -2.17. The topological polar surface area (TPSA) is 50.9 Å². The van der Waals surface area contributed by atoms with Crippen molar-refractivity contribution < 1.29 is 0 Å². The number of hydrogen-bond donors (Lipinski definition) is 2. The molecule has 5 heteroatoms. The number of anilines is 1. The molecule has 0 bridgehead atoms. The van der Waals surface area contributed by atoms with Crippen molar-refractivity contribution in [1.29, 1.82) is 0 Å². The largest absolute Gasteiger partial charge is 0.389 e. The second-order valence-corrected chi connectivity index (χ2v) is 5.05. The molecule has 1 aromatic heterocycles. The van der Waals surface area contributed by atoms with Crippen LogP contribution in [0.2, 0.25) is 5.02 Å². The summed E-state index contributed by atoms with van der Waals surface area (Å²) in [6.45, 7) is 2.06. The van der Waals surface area contributed by atoms with Gasteiger partial charge in [-0.15, -0.1) is 0 Å². The number of nitrogens with two attached hydrogens (primary N) is 1. The van der Waals surface area contributed by atoms with Gasteiger partial charge >= 0.3 is 0 Å². The van der Waals surface area contributed by atoms with E-state index in [1.165, 1.54) is 0 Å². The van der Waals surface area contributed by atoms with Crippen LogP contribution in [-0.4, -0.2) is 9.97 Å². The molecule has 98 valence electrons. The zero-order valence-electron chi connectivity index (χ0n) is 10.4. The van der Waals surface area contributed by atoms with Crippen molar-refractivity contribution >= 4 is 34.5 Å². The van der Waals surface area contributed by atoms with Crippen LogP contribution < -0.4 is 11.1 Å². The highest BCUT2D eigenvalue weighted by atomic mass is 35.5. The highest BCUT2D eigenvalue weighted by Crippen LogP contribution is 2.27. The number of benzene rings is 1. The van der Waals surface area contributed by atoms with E-state index in [2.05, 4.69) is 17.2 Å². The van der Waals surface area contributed by atoms with Gasteiger partial charge in [0.25, 0.3) is 0 Å². The number of rotatable bonds is 4. The van der Waals surface area contributed by atoms with Crippen LogP contribution in [0.3, 0.4) is 0 Å². The summed E-state index contributed by atoms with van der Waals surface area (Å²) in [5, 5.41) is 3.95. The van der Waals surface area contributed by atoms with E-state index in [4.69, 9.17) is 29.6 Å². The van der Waals surface area contributed by atoms with E-state index in [1.807, 2.05) is 24.3 Å². The zero-order chi connectivity index (χ0) is 13.8. The van der Waals surface area contributed by atoms with Crippen LogP contribution >= 0.6 is 23.8 Å². The molecule has 2 rings (SSSR count). The van der Waals surface area contributed by atoms with Gasteiger partial charge in [0.2, 0.25) is 0 Å². The van der Waals surface area contributed by atoms with Gasteiger partial charge in [0.1, 0.15) is 4.99 Å². The normalized spacial score (nSPS) is 11.9. The third-order valence-electron chi connectivity index (χ3n) is 2.83. The van der Waals surface area contributed by atoms with Gasteiger partial charge in [-0.1, -0.05) is 23.8 Å². The summed E-state index contributed by atoms with van der Waals surface area (Å²) in [6, 6.07) is 9.58. The van der Waals surface area contributed by atoms with Gasteiger partial charge in [-0.05, 0) is 42.8 Å². The van der Waals surface area contributed by atoms with Crippen molar-refractivity contribution in [3.05, 3.63) is 58.9 Å². The fourth-order valence-corrected chi connectivity index (χ4v) is 2.12. The summed E-state index contributed by atoms with van der Waals surface area (Å²) in [6.07, 6.45) is 3.54. The minimum atomic E-state index is 0.135. The molecule has 1 unspecified atom stereocenters. The zero-order valence-corrected chi connectivity index (χ0v) is 12.0. The monoisotopic (exact) mass is 291 g/mol. The van der Waals surface area contributed by atoms with Crippen LogP contribution in [0.5, 0.6) is 0 Å². The first-order chi connectivity index (χ1) is 9.08. The maximum Gasteiger partial charge on any atom is 0.104 e. The van der Waals surface area contributed by atoms with Crippen LogP contribution in [0.1, 0.15) is 24.1 Å². The molecule has 1 atom stereocenters. The quantitative estimate of drug-likeness (QED) is 0.846. The van der Waals surface area contributed by atoms with E-state index in [-0.39, 0.29) is 6.04 Å². The fourth-order valence-electron chi connectivity index (χ4n) is 1.75. The standard InChI is InChI=1S/C14H14ClN3S/c1-9(10-4-6-17-7-5-10)18-13-3-2-11(14(16)19)8-12(13)15/h2-9,18H,1H3,(H2,16,19). The van der Waals surface area contributed by atoms with Crippen molar-refractivity contribution in [3.63, 3.8) is 0 Å². The lowest BCUT2D eigenvalue weighted by atomic mass is 10.1. The summed E-state index contributed by atoms with van der Waals surface area (Å²) >= 11 is 11.1. The van der Waals surface area contributed by atoms with Gasteiger partial charge in [0, 0.05) is 24.0 Å². The molecule has 0 radical (unpaired) electrons. The van der Waals surface area contributed by atoms with E-state index in [0.29, 0.717) is 10.0 Å². The van der Waals surface area contributed by atoms with Gasteiger partial charge in [0.05, 0.1) is 10.7 Å². The predicted molar refractivity (Wildman–Crippen MR) is 83.6 cm³/mol. The Morgan fingerprint density at radius 3 is 2.58 bits per heavy atom. The first-order valence-electron chi connectivity index (χ1n) is 5.83. The number of nitrogens with one attached hydrogen (secondary N) is 1. The Morgan fingerprint density at radius 1 is 1.32 bits per heavy atom. The minimum absolute atomic E-state index is 0.135. The molecule has 0 spiro atoms. The Bertz CT molecular complexity index is 586. The number of thiocarbonyl (C=S) groups is 1. The number of halogens is 1. The molecule has 2 aromatic rings. The van der Waals surface area contributed by atoms with Gasteiger partial charge in [0.15, 0.2) is 0 Å². The molecule has 0 amide bonds. The van der Waals surface area contributed by atoms with Crippen molar-refractivity contribution in [2.75, 3.05) is 5.32 Å². The highest BCUT2D eigenvalue weighted by Gasteiger charge is 2.08. The molecule has 1 aromatic carbocycles. The lowest BCUT2D eigenvalue weighted by molar-refractivity contribution is 0.881. The van der Waals surface area contributed by atoms with Crippen molar-refractivity contribution in [2.45, 2.75) is 13.0 Å². The molecule has 0 saturated heterocycles. The molecule has 19 heavy (non-hydrogen) atoms. The molecular weight excluding hydrogens is 278 g/mol. The van der Waals surface area contributed by atoms with Crippen molar-refractivity contribution in [3.8, 4) is 0 Å². The predicted octanol–water partition coefficient (Wildman–Crippen LogP) is 3.54. The van der Waals surface area contributed by atoms with Crippen LogP contribution in [0, 0.1) is 0 Å². The number of pyridine rings is 1. The highest BCUT2D eigenvalue weighted by molar-refractivity contribution is 7.80. The molecule has 3 nitrogen and oxygen atoms in total. The average molecular weight is 292 g/mol. The number of nitrogens with zero attached hydrogens (tertiary/aromatic N) is 1. The van der Waals surface area contributed by atoms with E-state index >= 15 is 0 Å². The maximum atomic E-state index is 6.21. The second kappa shape index (κ2) is 5.99. The molecule has 0 aliphatic heterocycles. The summed E-state index contributed by atoms with van der Waals surface area (Å²) < 4.78 is 0. The van der Waals surface area contributed by atoms with Gasteiger partial charge < -0.3 is 11.1 Å². The third-order valence-corrected chi connectivity index (χ3v) is 3.38. The Balaban J connectivity index is 2.18. The summed E-state index contributed by atoms with van der Waals surface area (Å²) in [5.74, 6) is 0.